The Labute approximate surface area is 104 Å². The van der Waals surface area contributed by atoms with Gasteiger partial charge in [-0.2, -0.15) is 0 Å². The Morgan fingerprint density at radius 3 is 2.88 bits per heavy atom. The lowest BCUT2D eigenvalue weighted by atomic mass is 10.1. The summed E-state index contributed by atoms with van der Waals surface area (Å²) in [6.45, 7) is 8.22. The van der Waals surface area contributed by atoms with Crippen LogP contribution in [0.1, 0.15) is 25.0 Å². The van der Waals surface area contributed by atoms with E-state index in [4.69, 9.17) is 0 Å². The summed E-state index contributed by atoms with van der Waals surface area (Å²) in [5.41, 5.74) is 2.72. The van der Waals surface area contributed by atoms with Crippen molar-refractivity contribution in [2.24, 2.45) is 4.99 Å². The molecule has 0 bridgehead atoms. The Morgan fingerprint density at radius 2 is 2.12 bits per heavy atom. The minimum Gasteiger partial charge on any atom is -0.352 e. The Hall–Kier alpha value is -1.51. The molecule has 0 fully saturated rings. The highest BCUT2D eigenvalue weighted by molar-refractivity contribution is 5.81. The van der Waals surface area contributed by atoms with Gasteiger partial charge in [-0.05, 0) is 24.5 Å². The van der Waals surface area contributed by atoms with Crippen LogP contribution in [0.2, 0.25) is 0 Å². The van der Waals surface area contributed by atoms with Crippen LogP contribution >= 0.6 is 0 Å². The zero-order chi connectivity index (χ0) is 12.1. The molecule has 0 amide bonds. The number of nitrogens with zero attached hydrogens (tertiary/aromatic N) is 2. The predicted molar refractivity (Wildman–Crippen MR) is 72.2 cm³/mol. The van der Waals surface area contributed by atoms with Crippen molar-refractivity contribution < 1.29 is 0 Å². The van der Waals surface area contributed by atoms with Crippen LogP contribution in [0.4, 0.5) is 0 Å². The van der Waals surface area contributed by atoms with Gasteiger partial charge in [-0.15, -0.1) is 0 Å². The molecule has 3 heteroatoms. The van der Waals surface area contributed by atoms with Crippen LogP contribution in [-0.4, -0.2) is 30.5 Å². The number of guanidine groups is 1. The van der Waals surface area contributed by atoms with Gasteiger partial charge in [-0.3, -0.25) is 4.99 Å². The van der Waals surface area contributed by atoms with Gasteiger partial charge in [0.1, 0.15) is 0 Å². The van der Waals surface area contributed by atoms with E-state index in [1.165, 1.54) is 11.1 Å². The first-order chi connectivity index (χ1) is 8.33. The molecule has 1 aromatic rings. The number of rotatable bonds is 4. The molecule has 1 aliphatic heterocycles. The minimum absolute atomic E-state index is 0.864. The maximum Gasteiger partial charge on any atom is 0.194 e. The SMILES string of the molecule is CCc1cccc(CNC2=NCCN2CC)c1. The largest absolute Gasteiger partial charge is 0.352 e. The zero-order valence-corrected chi connectivity index (χ0v) is 10.7. The summed E-state index contributed by atoms with van der Waals surface area (Å²) in [5.74, 6) is 1.05. The zero-order valence-electron chi connectivity index (χ0n) is 10.7. The van der Waals surface area contributed by atoms with Gasteiger partial charge >= 0.3 is 0 Å². The highest BCUT2D eigenvalue weighted by atomic mass is 15.3. The number of hydrogen-bond acceptors (Lipinski definition) is 3. The molecule has 1 aromatic carbocycles. The lowest BCUT2D eigenvalue weighted by molar-refractivity contribution is 0.466. The van der Waals surface area contributed by atoms with Crippen molar-refractivity contribution in [2.45, 2.75) is 26.8 Å². The Kier molecular flexibility index (Phi) is 4.02. The summed E-state index contributed by atoms with van der Waals surface area (Å²) >= 11 is 0. The third-order valence-corrected chi connectivity index (χ3v) is 3.16. The van der Waals surface area contributed by atoms with Crippen LogP contribution in [0.3, 0.4) is 0 Å². The fourth-order valence-corrected chi connectivity index (χ4v) is 2.10. The van der Waals surface area contributed by atoms with E-state index in [0.717, 1.165) is 38.6 Å². The van der Waals surface area contributed by atoms with E-state index in [2.05, 4.69) is 53.3 Å². The van der Waals surface area contributed by atoms with Gasteiger partial charge in [-0.1, -0.05) is 31.2 Å². The van der Waals surface area contributed by atoms with Gasteiger partial charge in [-0.25, -0.2) is 0 Å². The average molecular weight is 231 g/mol. The monoisotopic (exact) mass is 231 g/mol. The molecule has 0 saturated heterocycles. The van der Waals surface area contributed by atoms with Gasteiger partial charge in [0.15, 0.2) is 5.96 Å². The van der Waals surface area contributed by atoms with Gasteiger partial charge in [0.25, 0.3) is 0 Å². The first kappa shape index (κ1) is 12.0. The van der Waals surface area contributed by atoms with Crippen molar-refractivity contribution in [3.05, 3.63) is 35.4 Å². The van der Waals surface area contributed by atoms with Crippen molar-refractivity contribution in [3.63, 3.8) is 0 Å². The molecule has 0 unspecified atom stereocenters. The second kappa shape index (κ2) is 5.71. The van der Waals surface area contributed by atoms with Crippen LogP contribution < -0.4 is 5.32 Å². The predicted octanol–water partition coefficient (Wildman–Crippen LogP) is 2.03. The van der Waals surface area contributed by atoms with Crippen LogP contribution in [-0.2, 0) is 13.0 Å². The molecule has 1 N–H and O–H groups in total. The Balaban J connectivity index is 1.93. The van der Waals surface area contributed by atoms with E-state index < -0.39 is 0 Å². The Morgan fingerprint density at radius 1 is 1.29 bits per heavy atom. The van der Waals surface area contributed by atoms with E-state index in [-0.39, 0.29) is 0 Å². The van der Waals surface area contributed by atoms with Gasteiger partial charge < -0.3 is 10.2 Å². The molecule has 17 heavy (non-hydrogen) atoms. The molecular formula is C14H21N3. The molecule has 2 rings (SSSR count). The molecule has 0 atom stereocenters. The van der Waals surface area contributed by atoms with Crippen LogP contribution in [0.25, 0.3) is 0 Å². The topological polar surface area (TPSA) is 27.6 Å². The molecule has 1 heterocycles. The molecular weight excluding hydrogens is 210 g/mol. The highest BCUT2D eigenvalue weighted by Crippen LogP contribution is 2.06. The lowest BCUT2D eigenvalue weighted by Crippen LogP contribution is -2.37. The number of benzene rings is 1. The number of likely N-dealkylation sites (N-methyl/N-ethyl adjacent to an activating group) is 1. The normalized spacial score (nSPS) is 14.9. The molecule has 0 radical (unpaired) electrons. The maximum absolute atomic E-state index is 4.48. The van der Waals surface area contributed by atoms with Gasteiger partial charge in [0.2, 0.25) is 0 Å². The molecule has 1 aliphatic rings. The van der Waals surface area contributed by atoms with Gasteiger partial charge in [0.05, 0.1) is 6.54 Å². The van der Waals surface area contributed by atoms with Crippen LogP contribution in [0.5, 0.6) is 0 Å². The van der Waals surface area contributed by atoms with Crippen molar-refractivity contribution in [1.29, 1.82) is 0 Å². The summed E-state index contributed by atoms with van der Waals surface area (Å²) in [6, 6.07) is 8.73. The van der Waals surface area contributed by atoms with Crippen molar-refractivity contribution in [1.82, 2.24) is 10.2 Å². The second-order valence-corrected chi connectivity index (χ2v) is 4.31. The van der Waals surface area contributed by atoms with Crippen LogP contribution in [0, 0.1) is 0 Å². The standard InChI is InChI=1S/C14H21N3/c1-3-12-6-5-7-13(10-12)11-16-14-15-8-9-17(14)4-2/h5-7,10H,3-4,8-9,11H2,1-2H3,(H,15,16). The first-order valence-corrected chi connectivity index (χ1v) is 6.44. The van der Waals surface area contributed by atoms with Crippen molar-refractivity contribution in [2.75, 3.05) is 19.6 Å². The number of aryl methyl sites for hydroxylation is 1. The van der Waals surface area contributed by atoms with E-state index in [1.807, 2.05) is 0 Å². The van der Waals surface area contributed by atoms with E-state index in [0.29, 0.717) is 0 Å². The number of aliphatic imine (C=N–C) groups is 1. The highest BCUT2D eigenvalue weighted by Gasteiger charge is 2.13. The number of hydrogen-bond donors (Lipinski definition) is 1. The molecule has 92 valence electrons. The van der Waals surface area contributed by atoms with E-state index in [9.17, 15) is 0 Å². The third kappa shape index (κ3) is 2.99. The van der Waals surface area contributed by atoms with Crippen molar-refractivity contribution >= 4 is 5.96 Å². The summed E-state index contributed by atoms with van der Waals surface area (Å²) in [7, 11) is 0. The summed E-state index contributed by atoms with van der Waals surface area (Å²) < 4.78 is 0. The third-order valence-electron chi connectivity index (χ3n) is 3.16. The van der Waals surface area contributed by atoms with E-state index >= 15 is 0 Å². The van der Waals surface area contributed by atoms with E-state index in [1.54, 1.807) is 0 Å². The van der Waals surface area contributed by atoms with Gasteiger partial charge in [0, 0.05) is 19.6 Å². The Bertz CT molecular complexity index is 398. The maximum atomic E-state index is 4.48. The molecule has 3 nitrogen and oxygen atoms in total. The molecule has 0 aliphatic carbocycles. The smallest absolute Gasteiger partial charge is 0.194 e. The average Bonchev–Trinajstić information content (AvgIpc) is 2.84. The minimum atomic E-state index is 0.864. The van der Waals surface area contributed by atoms with Crippen molar-refractivity contribution in [3.8, 4) is 0 Å². The molecule has 0 aromatic heterocycles. The molecule has 0 saturated carbocycles. The second-order valence-electron chi connectivity index (χ2n) is 4.31. The number of nitrogens with one attached hydrogen (secondary N) is 1. The lowest BCUT2D eigenvalue weighted by Gasteiger charge is -2.19. The molecule has 0 spiro atoms. The fourth-order valence-electron chi connectivity index (χ4n) is 2.10. The summed E-state index contributed by atoms with van der Waals surface area (Å²) in [5, 5.41) is 3.43. The fraction of sp³-hybridized carbons (Fsp3) is 0.500. The first-order valence-electron chi connectivity index (χ1n) is 6.44. The summed E-state index contributed by atoms with van der Waals surface area (Å²) in [4.78, 5) is 6.76. The quantitative estimate of drug-likeness (QED) is 0.858. The van der Waals surface area contributed by atoms with Crippen LogP contribution in [0.15, 0.2) is 29.3 Å². The summed E-state index contributed by atoms with van der Waals surface area (Å²) in [6.07, 6.45) is 1.09.